The minimum Gasteiger partial charge on any atom is -0.375 e. The Kier molecular flexibility index (Phi) is 3.43. The normalized spacial score (nSPS) is 25.2. The predicted molar refractivity (Wildman–Crippen MR) is 59.8 cm³/mol. The van der Waals surface area contributed by atoms with Gasteiger partial charge in [0.2, 0.25) is 0 Å². The van der Waals surface area contributed by atoms with Gasteiger partial charge in [-0.25, -0.2) is 8.42 Å². The smallest absolute Gasteiger partial charge is 0.184 e. The molecule has 1 aliphatic carbocycles. The molecule has 5 nitrogen and oxygen atoms in total. The summed E-state index contributed by atoms with van der Waals surface area (Å²) in [4.78, 5) is 0. The first-order valence-electron chi connectivity index (χ1n) is 4.22. The summed E-state index contributed by atoms with van der Waals surface area (Å²) in [6, 6.07) is 0. The summed E-state index contributed by atoms with van der Waals surface area (Å²) in [6.45, 7) is 0. The van der Waals surface area contributed by atoms with E-state index in [9.17, 15) is 8.42 Å². The van der Waals surface area contributed by atoms with Crippen LogP contribution in [-0.2, 0) is 9.84 Å². The minimum absolute atomic E-state index is 0.0525. The minimum atomic E-state index is -3.05. The highest BCUT2D eigenvalue weighted by atomic mass is 32.2. The molecule has 1 saturated carbocycles. The Hall–Kier alpha value is -0.690. The van der Waals surface area contributed by atoms with Gasteiger partial charge < -0.3 is 5.73 Å². The van der Waals surface area contributed by atoms with Gasteiger partial charge in [-0.15, -0.1) is 0 Å². The van der Waals surface area contributed by atoms with Crippen molar-refractivity contribution in [3.8, 4) is 0 Å². The Morgan fingerprint density at radius 1 is 1.71 bits per heavy atom. The molecule has 0 saturated heterocycles. The maximum absolute atomic E-state index is 11.3. The van der Waals surface area contributed by atoms with Crippen molar-refractivity contribution in [2.24, 2.45) is 10.8 Å². The monoisotopic (exact) mass is 235 g/mol. The number of thiocarbonyl (C=S) groups is 1. The topological polar surface area (TPSA) is 84.5 Å². The number of hydrogen-bond acceptors (Lipinski definition) is 4. The molecule has 3 N–H and O–H groups in total. The summed E-state index contributed by atoms with van der Waals surface area (Å²) in [5, 5.41) is 3.48. The van der Waals surface area contributed by atoms with Gasteiger partial charge in [-0.2, -0.15) is 5.10 Å². The highest BCUT2D eigenvalue weighted by molar-refractivity contribution is 7.92. The molecule has 7 heteroatoms. The van der Waals surface area contributed by atoms with Crippen LogP contribution in [0.3, 0.4) is 0 Å². The van der Waals surface area contributed by atoms with Crippen LogP contribution in [0.2, 0.25) is 0 Å². The molecule has 0 aromatic heterocycles. The zero-order valence-corrected chi connectivity index (χ0v) is 9.49. The summed E-state index contributed by atoms with van der Waals surface area (Å²) in [6.07, 6.45) is 3.39. The molecular formula is C7H13N3O2S2. The summed E-state index contributed by atoms with van der Waals surface area (Å²) >= 11 is 4.57. The van der Waals surface area contributed by atoms with Gasteiger partial charge in [0.25, 0.3) is 0 Å². The molecule has 1 atom stereocenters. The van der Waals surface area contributed by atoms with Crippen molar-refractivity contribution in [1.82, 2.24) is 5.43 Å². The Bertz CT molecular complexity index is 361. The third kappa shape index (κ3) is 2.91. The van der Waals surface area contributed by atoms with Crippen LogP contribution < -0.4 is 11.2 Å². The predicted octanol–water partition coefficient (Wildman–Crippen LogP) is -0.227. The molecule has 0 aromatic rings. The molecular weight excluding hydrogens is 222 g/mol. The SMILES string of the molecule is CS(=O)(=O)C1CCCC1=NNC(N)=S. The number of hydrazone groups is 1. The van der Waals surface area contributed by atoms with Crippen LogP contribution in [0.5, 0.6) is 0 Å². The zero-order chi connectivity index (χ0) is 10.8. The molecule has 0 radical (unpaired) electrons. The van der Waals surface area contributed by atoms with E-state index in [1.54, 1.807) is 0 Å². The maximum Gasteiger partial charge on any atom is 0.184 e. The molecule has 0 spiro atoms. The van der Waals surface area contributed by atoms with E-state index < -0.39 is 15.1 Å². The van der Waals surface area contributed by atoms with Gasteiger partial charge in [-0.05, 0) is 31.5 Å². The van der Waals surface area contributed by atoms with Crippen LogP contribution in [0.15, 0.2) is 5.10 Å². The van der Waals surface area contributed by atoms with Gasteiger partial charge in [0.05, 0.1) is 5.71 Å². The number of nitrogens with zero attached hydrogens (tertiary/aromatic N) is 1. The first-order chi connectivity index (χ1) is 6.41. The van der Waals surface area contributed by atoms with Crippen molar-refractivity contribution in [3.63, 3.8) is 0 Å². The molecule has 0 aromatic carbocycles. The van der Waals surface area contributed by atoms with Gasteiger partial charge in [-0.3, -0.25) is 5.43 Å². The third-order valence-electron chi connectivity index (χ3n) is 2.10. The lowest BCUT2D eigenvalue weighted by molar-refractivity contribution is 0.595. The second-order valence-corrected chi connectivity index (χ2v) is 5.96. The van der Waals surface area contributed by atoms with Crippen LogP contribution in [0.1, 0.15) is 19.3 Å². The molecule has 0 bridgehead atoms. The van der Waals surface area contributed by atoms with E-state index in [4.69, 9.17) is 5.73 Å². The van der Waals surface area contributed by atoms with Crippen LogP contribution in [0, 0.1) is 0 Å². The average Bonchev–Trinajstić information content (AvgIpc) is 2.46. The molecule has 14 heavy (non-hydrogen) atoms. The fourth-order valence-electron chi connectivity index (χ4n) is 1.51. The Morgan fingerprint density at radius 3 is 2.86 bits per heavy atom. The van der Waals surface area contributed by atoms with Crippen molar-refractivity contribution >= 4 is 32.9 Å². The number of hydrogen-bond donors (Lipinski definition) is 2. The Morgan fingerprint density at radius 2 is 2.36 bits per heavy atom. The maximum atomic E-state index is 11.3. The van der Waals surface area contributed by atoms with E-state index in [-0.39, 0.29) is 5.11 Å². The van der Waals surface area contributed by atoms with Gasteiger partial charge >= 0.3 is 0 Å². The van der Waals surface area contributed by atoms with Crippen LogP contribution >= 0.6 is 12.2 Å². The highest BCUT2D eigenvalue weighted by Gasteiger charge is 2.31. The molecule has 80 valence electrons. The zero-order valence-electron chi connectivity index (χ0n) is 7.86. The largest absolute Gasteiger partial charge is 0.375 e. The molecule has 0 heterocycles. The van der Waals surface area contributed by atoms with Crippen LogP contribution in [-0.4, -0.2) is 30.7 Å². The number of nitrogens with one attached hydrogen (secondary N) is 1. The first-order valence-corrected chi connectivity index (χ1v) is 6.58. The van der Waals surface area contributed by atoms with Gasteiger partial charge in [0.1, 0.15) is 5.25 Å². The lowest BCUT2D eigenvalue weighted by atomic mass is 10.3. The molecule has 0 amide bonds. The van der Waals surface area contributed by atoms with E-state index >= 15 is 0 Å². The molecule has 1 aliphatic rings. The number of rotatable bonds is 2. The van der Waals surface area contributed by atoms with E-state index in [2.05, 4.69) is 22.7 Å². The second kappa shape index (κ2) is 4.22. The standard InChI is InChI=1S/C7H13N3O2S2/c1-14(11,12)6-4-2-3-5(6)9-10-7(8)13/h6H,2-4H2,1H3,(H3,8,10,13). The molecule has 1 unspecified atom stereocenters. The molecule has 0 aliphatic heterocycles. The Balaban J connectivity index is 2.79. The molecule has 1 fully saturated rings. The van der Waals surface area contributed by atoms with E-state index in [0.717, 1.165) is 6.42 Å². The van der Waals surface area contributed by atoms with E-state index in [1.165, 1.54) is 6.26 Å². The first kappa shape index (κ1) is 11.4. The van der Waals surface area contributed by atoms with Crippen molar-refractivity contribution in [2.75, 3.05) is 6.26 Å². The fraction of sp³-hybridized carbons (Fsp3) is 0.714. The quantitative estimate of drug-likeness (QED) is 0.510. The van der Waals surface area contributed by atoms with Gasteiger partial charge in [-0.1, -0.05) is 0 Å². The molecule has 1 rings (SSSR count). The fourth-order valence-corrected chi connectivity index (χ4v) is 2.82. The van der Waals surface area contributed by atoms with E-state index in [1.807, 2.05) is 0 Å². The van der Waals surface area contributed by atoms with Crippen molar-refractivity contribution < 1.29 is 8.42 Å². The average molecular weight is 235 g/mol. The van der Waals surface area contributed by atoms with Gasteiger partial charge in [0, 0.05) is 6.26 Å². The van der Waals surface area contributed by atoms with E-state index in [0.29, 0.717) is 18.6 Å². The lowest BCUT2D eigenvalue weighted by Crippen LogP contribution is -2.30. The van der Waals surface area contributed by atoms with Crippen LogP contribution in [0.4, 0.5) is 0 Å². The van der Waals surface area contributed by atoms with Gasteiger partial charge in [0.15, 0.2) is 14.9 Å². The summed E-state index contributed by atoms with van der Waals surface area (Å²) in [5.74, 6) is 0. The van der Waals surface area contributed by atoms with Crippen molar-refractivity contribution in [2.45, 2.75) is 24.5 Å². The summed E-state index contributed by atoms with van der Waals surface area (Å²) in [7, 11) is -3.05. The summed E-state index contributed by atoms with van der Waals surface area (Å²) in [5.41, 5.74) is 8.24. The number of sulfone groups is 1. The highest BCUT2D eigenvalue weighted by Crippen LogP contribution is 2.21. The van der Waals surface area contributed by atoms with Crippen LogP contribution in [0.25, 0.3) is 0 Å². The summed E-state index contributed by atoms with van der Waals surface area (Å²) < 4.78 is 22.6. The van der Waals surface area contributed by atoms with Crippen molar-refractivity contribution in [3.05, 3.63) is 0 Å². The third-order valence-corrected chi connectivity index (χ3v) is 3.73. The Labute approximate surface area is 88.7 Å². The lowest BCUT2D eigenvalue weighted by Gasteiger charge is -2.08. The second-order valence-electron chi connectivity index (χ2n) is 3.29. The van der Waals surface area contributed by atoms with Crippen molar-refractivity contribution in [1.29, 1.82) is 0 Å². The number of nitrogens with two attached hydrogens (primary N) is 1.